The van der Waals surface area contributed by atoms with Crippen LogP contribution in [0.25, 0.3) is 0 Å². The predicted molar refractivity (Wildman–Crippen MR) is 111 cm³/mol. The highest BCUT2D eigenvalue weighted by atomic mass is 16.2. The Morgan fingerprint density at radius 2 is 1.41 bits per heavy atom. The van der Waals surface area contributed by atoms with Crippen molar-refractivity contribution in [3.63, 3.8) is 0 Å². The maximum atomic E-state index is 12.2. The maximum absolute atomic E-state index is 12.2. The quantitative estimate of drug-likeness (QED) is 0.642. The number of para-hydroxylation sites is 1. The number of rotatable bonds is 8. The van der Waals surface area contributed by atoms with E-state index in [1.807, 2.05) is 17.0 Å². The van der Waals surface area contributed by atoms with E-state index >= 15 is 0 Å². The van der Waals surface area contributed by atoms with E-state index in [0.717, 1.165) is 25.2 Å². The summed E-state index contributed by atoms with van der Waals surface area (Å²) in [5.74, 6) is 0.265. The molecule has 1 amide bonds. The van der Waals surface area contributed by atoms with Gasteiger partial charge in [0.15, 0.2) is 0 Å². The summed E-state index contributed by atoms with van der Waals surface area (Å²) < 4.78 is 0. The van der Waals surface area contributed by atoms with E-state index in [-0.39, 0.29) is 5.91 Å². The highest BCUT2D eigenvalue weighted by molar-refractivity contribution is 6.01. The summed E-state index contributed by atoms with van der Waals surface area (Å²) in [7, 11) is 0. The van der Waals surface area contributed by atoms with Gasteiger partial charge in [0.25, 0.3) is 0 Å². The Morgan fingerprint density at radius 3 is 2.26 bits per heavy atom. The number of hydrogen-bond acceptors (Lipinski definition) is 2. The van der Waals surface area contributed by atoms with Gasteiger partial charge in [-0.05, 0) is 48.6 Å². The van der Waals surface area contributed by atoms with E-state index in [1.165, 1.54) is 61.9 Å². The van der Waals surface area contributed by atoms with Crippen LogP contribution in [-0.4, -0.2) is 30.4 Å². The van der Waals surface area contributed by atoms with E-state index in [2.05, 4.69) is 41.3 Å². The molecule has 2 aromatic rings. The molecule has 0 saturated carbocycles. The normalized spacial score (nSPS) is 16.4. The van der Waals surface area contributed by atoms with Crippen molar-refractivity contribution in [2.45, 2.75) is 51.5 Å². The SMILES string of the molecule is O=C1Cc2ccccc2N1CCCCCCCN1CCc2ccccc2C1. The zero-order valence-corrected chi connectivity index (χ0v) is 16.2. The van der Waals surface area contributed by atoms with Crippen LogP contribution in [0.15, 0.2) is 48.5 Å². The van der Waals surface area contributed by atoms with Crippen molar-refractivity contribution in [1.29, 1.82) is 0 Å². The van der Waals surface area contributed by atoms with Crippen LogP contribution in [0.3, 0.4) is 0 Å². The highest BCUT2D eigenvalue weighted by Gasteiger charge is 2.25. The fraction of sp³-hybridized carbons (Fsp3) is 0.458. The molecule has 0 fully saturated rings. The second-order valence-electron chi connectivity index (χ2n) is 7.91. The third-order valence-electron chi connectivity index (χ3n) is 5.99. The smallest absolute Gasteiger partial charge is 0.231 e. The van der Waals surface area contributed by atoms with Gasteiger partial charge >= 0.3 is 0 Å². The van der Waals surface area contributed by atoms with Crippen LogP contribution in [0.1, 0.15) is 48.8 Å². The summed E-state index contributed by atoms with van der Waals surface area (Å²) in [6, 6.07) is 17.1. The first-order valence-corrected chi connectivity index (χ1v) is 10.5. The average molecular weight is 363 g/mol. The topological polar surface area (TPSA) is 23.6 Å². The minimum atomic E-state index is 0.265. The van der Waals surface area contributed by atoms with Crippen LogP contribution in [-0.2, 0) is 24.2 Å². The van der Waals surface area contributed by atoms with E-state index in [0.29, 0.717) is 6.42 Å². The van der Waals surface area contributed by atoms with Crippen molar-refractivity contribution in [3.05, 3.63) is 65.2 Å². The van der Waals surface area contributed by atoms with Crippen LogP contribution in [0.5, 0.6) is 0 Å². The molecule has 2 aromatic carbocycles. The lowest BCUT2D eigenvalue weighted by Crippen LogP contribution is -2.31. The Balaban J connectivity index is 1.11. The molecule has 0 spiro atoms. The summed E-state index contributed by atoms with van der Waals surface area (Å²) in [4.78, 5) is 16.8. The van der Waals surface area contributed by atoms with Gasteiger partial charge in [-0.3, -0.25) is 9.69 Å². The number of anilines is 1. The third kappa shape index (κ3) is 4.41. The molecule has 0 aromatic heterocycles. The summed E-state index contributed by atoms with van der Waals surface area (Å²) in [5, 5.41) is 0. The van der Waals surface area contributed by atoms with Gasteiger partial charge in [0.05, 0.1) is 6.42 Å². The largest absolute Gasteiger partial charge is 0.312 e. The molecule has 2 heterocycles. The molecule has 0 bridgehead atoms. The second-order valence-corrected chi connectivity index (χ2v) is 7.91. The van der Waals surface area contributed by atoms with Crippen LogP contribution in [0.4, 0.5) is 5.69 Å². The van der Waals surface area contributed by atoms with Gasteiger partial charge in [-0.2, -0.15) is 0 Å². The van der Waals surface area contributed by atoms with Crippen molar-refractivity contribution in [2.75, 3.05) is 24.5 Å². The van der Waals surface area contributed by atoms with Crippen molar-refractivity contribution >= 4 is 11.6 Å². The molecular formula is C24H30N2O. The van der Waals surface area contributed by atoms with Crippen LogP contribution in [0.2, 0.25) is 0 Å². The van der Waals surface area contributed by atoms with Crippen LogP contribution < -0.4 is 4.90 Å². The first-order valence-electron chi connectivity index (χ1n) is 10.5. The molecule has 27 heavy (non-hydrogen) atoms. The maximum Gasteiger partial charge on any atom is 0.231 e. The molecule has 0 saturated heterocycles. The lowest BCUT2D eigenvalue weighted by Gasteiger charge is -2.28. The lowest BCUT2D eigenvalue weighted by atomic mass is 9.99. The minimum absolute atomic E-state index is 0.265. The number of carbonyl (C=O) groups is 1. The van der Waals surface area contributed by atoms with Crippen molar-refractivity contribution < 1.29 is 4.79 Å². The predicted octanol–water partition coefficient (Wildman–Crippen LogP) is 4.58. The third-order valence-corrected chi connectivity index (χ3v) is 5.99. The van der Waals surface area contributed by atoms with Gasteiger partial charge in [0.2, 0.25) is 5.91 Å². The van der Waals surface area contributed by atoms with Crippen LogP contribution in [0, 0.1) is 0 Å². The molecule has 3 nitrogen and oxygen atoms in total. The number of unbranched alkanes of at least 4 members (excludes halogenated alkanes) is 4. The number of benzene rings is 2. The first-order chi connectivity index (χ1) is 13.3. The summed E-state index contributed by atoms with van der Waals surface area (Å²) in [5.41, 5.74) is 5.37. The zero-order valence-electron chi connectivity index (χ0n) is 16.2. The number of hydrogen-bond donors (Lipinski definition) is 0. The number of fused-ring (bicyclic) bond motifs is 2. The molecule has 0 N–H and O–H groups in total. The highest BCUT2D eigenvalue weighted by Crippen LogP contribution is 2.28. The second kappa shape index (κ2) is 8.71. The Labute approximate surface area is 163 Å². The van der Waals surface area contributed by atoms with Gasteiger partial charge < -0.3 is 4.90 Å². The van der Waals surface area contributed by atoms with Gasteiger partial charge in [0.1, 0.15) is 0 Å². The Hall–Kier alpha value is -2.13. The zero-order chi connectivity index (χ0) is 18.5. The number of carbonyl (C=O) groups excluding carboxylic acids is 1. The Bertz CT molecular complexity index is 785. The minimum Gasteiger partial charge on any atom is -0.312 e. The van der Waals surface area contributed by atoms with Gasteiger partial charge in [-0.25, -0.2) is 0 Å². The molecule has 0 aliphatic carbocycles. The van der Waals surface area contributed by atoms with E-state index in [1.54, 1.807) is 0 Å². The molecule has 3 heteroatoms. The van der Waals surface area contributed by atoms with Crippen molar-refractivity contribution in [3.8, 4) is 0 Å². The van der Waals surface area contributed by atoms with Crippen molar-refractivity contribution in [2.24, 2.45) is 0 Å². The fourth-order valence-corrected chi connectivity index (χ4v) is 4.44. The summed E-state index contributed by atoms with van der Waals surface area (Å²) >= 11 is 0. The fourth-order valence-electron chi connectivity index (χ4n) is 4.44. The monoisotopic (exact) mass is 362 g/mol. The standard InChI is InChI=1S/C24H30N2O/c27-24-18-21-11-6-7-13-23(21)26(24)16-9-3-1-2-8-15-25-17-14-20-10-4-5-12-22(20)19-25/h4-7,10-13H,1-3,8-9,14-19H2. The first kappa shape index (κ1) is 18.2. The Kier molecular flexibility index (Phi) is 5.88. The molecule has 2 aliphatic heterocycles. The number of amides is 1. The molecule has 0 unspecified atom stereocenters. The summed E-state index contributed by atoms with van der Waals surface area (Å²) in [6.07, 6.45) is 7.95. The Morgan fingerprint density at radius 1 is 0.741 bits per heavy atom. The van der Waals surface area contributed by atoms with Gasteiger partial charge in [-0.1, -0.05) is 61.7 Å². The average Bonchev–Trinajstić information content (AvgIpc) is 3.02. The lowest BCUT2D eigenvalue weighted by molar-refractivity contribution is -0.117. The molecule has 2 aliphatic rings. The van der Waals surface area contributed by atoms with Gasteiger partial charge in [0, 0.05) is 25.3 Å². The van der Waals surface area contributed by atoms with Crippen LogP contribution >= 0.6 is 0 Å². The molecule has 0 radical (unpaired) electrons. The van der Waals surface area contributed by atoms with Gasteiger partial charge in [-0.15, -0.1) is 0 Å². The van der Waals surface area contributed by atoms with Crippen molar-refractivity contribution in [1.82, 2.24) is 4.90 Å². The summed E-state index contributed by atoms with van der Waals surface area (Å²) in [6.45, 7) is 4.41. The molecular weight excluding hydrogens is 332 g/mol. The van der Waals surface area contributed by atoms with E-state index in [9.17, 15) is 4.79 Å². The number of nitrogens with zero attached hydrogens (tertiary/aromatic N) is 2. The molecule has 142 valence electrons. The van der Waals surface area contributed by atoms with E-state index < -0.39 is 0 Å². The van der Waals surface area contributed by atoms with E-state index in [4.69, 9.17) is 0 Å². The molecule has 0 atom stereocenters. The molecule has 4 rings (SSSR count).